The van der Waals surface area contributed by atoms with E-state index in [0.717, 1.165) is 36.0 Å². The molecule has 0 heterocycles. The van der Waals surface area contributed by atoms with Crippen molar-refractivity contribution in [3.63, 3.8) is 0 Å². The SMILES string of the molecule is CCCC(C)NC(=O)C(c1cc(C)ccc1C)N(C(=O)C(NC(=O)OC(C)(C)C)C(C)C)C1CC1C. The van der Waals surface area contributed by atoms with Crippen molar-refractivity contribution in [3.8, 4) is 0 Å². The summed E-state index contributed by atoms with van der Waals surface area (Å²) in [6.07, 6.45) is 1.99. The van der Waals surface area contributed by atoms with Crippen molar-refractivity contribution >= 4 is 17.9 Å². The molecule has 0 aromatic heterocycles. The van der Waals surface area contributed by atoms with Crippen LogP contribution in [0.3, 0.4) is 0 Å². The van der Waals surface area contributed by atoms with Gasteiger partial charge in [-0.05, 0) is 77.3 Å². The van der Waals surface area contributed by atoms with Crippen molar-refractivity contribution < 1.29 is 19.1 Å². The topological polar surface area (TPSA) is 87.7 Å². The molecule has 0 aliphatic heterocycles. The van der Waals surface area contributed by atoms with Gasteiger partial charge in [0.2, 0.25) is 11.8 Å². The third kappa shape index (κ3) is 7.97. The van der Waals surface area contributed by atoms with Crippen molar-refractivity contribution in [3.05, 3.63) is 34.9 Å². The number of carbonyl (C=O) groups excluding carboxylic acids is 3. The first-order valence-electron chi connectivity index (χ1n) is 13.3. The van der Waals surface area contributed by atoms with Gasteiger partial charge in [0.25, 0.3) is 0 Å². The van der Waals surface area contributed by atoms with Gasteiger partial charge in [-0.3, -0.25) is 9.59 Å². The van der Waals surface area contributed by atoms with Crippen molar-refractivity contribution in [1.82, 2.24) is 15.5 Å². The van der Waals surface area contributed by atoms with Crippen LogP contribution in [0, 0.1) is 25.7 Å². The highest BCUT2D eigenvalue weighted by Gasteiger charge is 2.49. The summed E-state index contributed by atoms with van der Waals surface area (Å²) in [5.41, 5.74) is 2.12. The van der Waals surface area contributed by atoms with Gasteiger partial charge in [0.15, 0.2) is 0 Å². The Morgan fingerprint density at radius 1 is 1.11 bits per heavy atom. The minimum absolute atomic E-state index is 0.00974. The highest BCUT2D eigenvalue weighted by Crippen LogP contribution is 2.41. The first kappa shape index (κ1) is 29.7. The summed E-state index contributed by atoms with van der Waals surface area (Å²) in [4.78, 5) is 42.5. The van der Waals surface area contributed by atoms with Gasteiger partial charge >= 0.3 is 6.09 Å². The van der Waals surface area contributed by atoms with Gasteiger partial charge in [-0.2, -0.15) is 0 Å². The molecular formula is C29H47N3O4. The van der Waals surface area contributed by atoms with Gasteiger partial charge in [-0.1, -0.05) is 57.9 Å². The number of aryl methyl sites for hydroxylation is 2. The van der Waals surface area contributed by atoms with Crippen LogP contribution in [0.2, 0.25) is 0 Å². The van der Waals surface area contributed by atoms with Crippen molar-refractivity contribution in [2.45, 2.75) is 118 Å². The van der Waals surface area contributed by atoms with Crippen molar-refractivity contribution in [2.24, 2.45) is 11.8 Å². The number of carbonyl (C=O) groups is 3. The van der Waals surface area contributed by atoms with Gasteiger partial charge in [0.1, 0.15) is 17.7 Å². The molecule has 1 aromatic carbocycles. The Bertz CT molecular complexity index is 937. The van der Waals surface area contributed by atoms with Crippen LogP contribution in [0.25, 0.3) is 0 Å². The first-order chi connectivity index (χ1) is 16.7. The monoisotopic (exact) mass is 501 g/mol. The largest absolute Gasteiger partial charge is 0.444 e. The lowest BCUT2D eigenvalue weighted by Gasteiger charge is -2.37. The van der Waals surface area contributed by atoms with Gasteiger partial charge in [-0.15, -0.1) is 0 Å². The lowest BCUT2D eigenvalue weighted by molar-refractivity contribution is -0.144. The minimum atomic E-state index is -0.818. The summed E-state index contributed by atoms with van der Waals surface area (Å²) in [5, 5.41) is 5.95. The summed E-state index contributed by atoms with van der Waals surface area (Å²) >= 11 is 0. The Morgan fingerprint density at radius 3 is 2.22 bits per heavy atom. The molecule has 0 spiro atoms. The Morgan fingerprint density at radius 2 is 1.72 bits per heavy atom. The number of rotatable bonds is 10. The second kappa shape index (κ2) is 12.1. The molecule has 1 saturated carbocycles. The average molecular weight is 502 g/mol. The highest BCUT2D eigenvalue weighted by molar-refractivity contribution is 5.93. The highest BCUT2D eigenvalue weighted by atomic mass is 16.6. The Balaban J connectivity index is 2.53. The number of benzene rings is 1. The van der Waals surface area contributed by atoms with Crippen LogP contribution in [0.5, 0.6) is 0 Å². The van der Waals surface area contributed by atoms with E-state index >= 15 is 0 Å². The van der Waals surface area contributed by atoms with Crippen LogP contribution in [-0.2, 0) is 14.3 Å². The zero-order chi connectivity index (χ0) is 27.4. The maximum atomic E-state index is 14.2. The van der Waals surface area contributed by atoms with E-state index in [0.29, 0.717) is 0 Å². The summed E-state index contributed by atoms with van der Waals surface area (Å²) in [5.74, 6) is -0.356. The van der Waals surface area contributed by atoms with Crippen LogP contribution >= 0.6 is 0 Å². The molecule has 5 unspecified atom stereocenters. The molecule has 36 heavy (non-hydrogen) atoms. The molecule has 1 fully saturated rings. The van der Waals surface area contributed by atoms with E-state index in [2.05, 4.69) is 24.5 Å². The standard InChI is InChI=1S/C29H47N3O4/c1-11-12-21(7)30-26(33)25(22-15-18(4)13-14-19(22)5)32(23-16-20(23)6)27(34)24(17(2)3)31-28(35)36-29(8,9)10/h13-15,17,20-21,23-25H,11-12,16H2,1-10H3,(H,30,33)(H,31,35). The van der Waals surface area contributed by atoms with E-state index in [1.807, 2.05) is 52.8 Å². The van der Waals surface area contributed by atoms with Gasteiger partial charge in [0, 0.05) is 12.1 Å². The fourth-order valence-electron chi connectivity index (χ4n) is 4.58. The van der Waals surface area contributed by atoms with Crippen LogP contribution in [-0.4, -0.2) is 46.5 Å². The van der Waals surface area contributed by atoms with E-state index in [9.17, 15) is 14.4 Å². The number of amides is 3. The van der Waals surface area contributed by atoms with E-state index < -0.39 is 23.8 Å². The number of ether oxygens (including phenoxy) is 1. The number of hydrogen-bond acceptors (Lipinski definition) is 4. The Hall–Kier alpha value is -2.57. The maximum absolute atomic E-state index is 14.2. The molecule has 202 valence electrons. The fourth-order valence-corrected chi connectivity index (χ4v) is 4.58. The third-order valence-corrected chi connectivity index (χ3v) is 6.65. The summed E-state index contributed by atoms with van der Waals surface area (Å²) in [7, 11) is 0. The predicted octanol–water partition coefficient (Wildman–Crippen LogP) is 5.44. The van der Waals surface area contributed by atoms with Gasteiger partial charge in [-0.25, -0.2) is 4.79 Å². The van der Waals surface area contributed by atoms with Crippen LogP contribution in [0.1, 0.15) is 97.4 Å². The normalized spacial score (nSPS) is 19.8. The molecule has 1 aromatic rings. The van der Waals surface area contributed by atoms with Gasteiger partial charge in [0.05, 0.1) is 0 Å². The number of hydrogen-bond donors (Lipinski definition) is 2. The van der Waals surface area contributed by atoms with E-state index in [1.54, 1.807) is 25.7 Å². The molecule has 2 rings (SSSR count). The zero-order valence-corrected chi connectivity index (χ0v) is 23.9. The molecule has 0 radical (unpaired) electrons. The molecular weight excluding hydrogens is 454 g/mol. The summed E-state index contributed by atoms with van der Waals surface area (Å²) < 4.78 is 5.45. The van der Waals surface area contributed by atoms with E-state index in [4.69, 9.17) is 4.74 Å². The molecule has 1 aliphatic rings. The average Bonchev–Trinajstić information content (AvgIpc) is 3.46. The quantitative estimate of drug-likeness (QED) is 0.447. The van der Waals surface area contributed by atoms with Crippen LogP contribution in [0.4, 0.5) is 4.79 Å². The fraction of sp³-hybridized carbons (Fsp3) is 0.690. The minimum Gasteiger partial charge on any atom is -0.444 e. The Kier molecular flexibility index (Phi) is 9.98. The lowest BCUT2D eigenvalue weighted by Crippen LogP contribution is -2.56. The molecule has 7 heteroatoms. The smallest absolute Gasteiger partial charge is 0.408 e. The first-order valence-corrected chi connectivity index (χ1v) is 13.3. The van der Waals surface area contributed by atoms with Crippen molar-refractivity contribution in [1.29, 1.82) is 0 Å². The predicted molar refractivity (Wildman–Crippen MR) is 144 cm³/mol. The second-order valence-electron chi connectivity index (χ2n) is 11.9. The molecule has 5 atom stereocenters. The molecule has 2 N–H and O–H groups in total. The maximum Gasteiger partial charge on any atom is 0.408 e. The molecule has 0 bridgehead atoms. The number of nitrogens with zero attached hydrogens (tertiary/aromatic N) is 1. The van der Waals surface area contributed by atoms with Gasteiger partial charge < -0.3 is 20.3 Å². The summed E-state index contributed by atoms with van der Waals surface area (Å²) in [6, 6.07) is 4.33. The number of alkyl carbamates (subject to hydrolysis) is 1. The zero-order valence-electron chi connectivity index (χ0n) is 23.9. The molecule has 3 amide bonds. The third-order valence-electron chi connectivity index (χ3n) is 6.65. The number of nitrogens with one attached hydrogen (secondary N) is 2. The Labute approximate surface area is 217 Å². The molecule has 1 aliphatic carbocycles. The van der Waals surface area contributed by atoms with Crippen LogP contribution < -0.4 is 10.6 Å². The summed E-state index contributed by atoms with van der Waals surface area (Å²) in [6.45, 7) is 19.3. The van der Waals surface area contributed by atoms with Crippen molar-refractivity contribution in [2.75, 3.05) is 0 Å². The van der Waals surface area contributed by atoms with E-state index in [1.165, 1.54) is 0 Å². The lowest BCUT2D eigenvalue weighted by atomic mass is 9.94. The van der Waals surface area contributed by atoms with Crippen LogP contribution in [0.15, 0.2) is 18.2 Å². The molecule has 7 nitrogen and oxygen atoms in total. The van der Waals surface area contributed by atoms with E-state index in [-0.39, 0.29) is 35.7 Å². The molecule has 0 saturated heterocycles. The second-order valence-corrected chi connectivity index (χ2v) is 11.9.